The van der Waals surface area contributed by atoms with Crippen molar-refractivity contribution >= 4 is 12.4 Å². The molecule has 0 aromatic carbocycles. The summed E-state index contributed by atoms with van der Waals surface area (Å²) in [7, 11) is 0. The Kier molecular flexibility index (Phi) is 3.54. The normalized spacial score (nSPS) is 16.6. The number of rotatable bonds is 0. The Morgan fingerprint density at radius 2 is 2.25 bits per heavy atom. The molecule has 1 aliphatic carbocycles. The molecule has 0 aromatic rings. The van der Waals surface area contributed by atoms with Crippen molar-refractivity contribution in [1.82, 2.24) is 0 Å². The first kappa shape index (κ1) is 8.35. The average molecular weight is 167 g/mol. The molecule has 0 N–H and O–H groups in total. The van der Waals surface area contributed by atoms with Gasteiger partial charge in [0.2, 0.25) is 0 Å². The van der Waals surface area contributed by atoms with Crippen LogP contribution in [0.2, 0.25) is 0 Å². The second-order valence-corrected chi connectivity index (χ2v) is 2.58. The molecule has 0 spiro atoms. The van der Waals surface area contributed by atoms with Crippen molar-refractivity contribution in [3.8, 4) is 0 Å². The third-order valence-corrected chi connectivity index (χ3v) is 1.97. The fraction of sp³-hybridized carbons (Fsp3) is 0.333. The van der Waals surface area contributed by atoms with Crippen LogP contribution in [0.25, 0.3) is 0 Å². The summed E-state index contributed by atoms with van der Waals surface area (Å²) in [5.41, 5.74) is 1.42. The minimum Gasteiger partial charge on any atom is -0.147 e. The molecule has 0 saturated heterocycles. The van der Waals surface area contributed by atoms with E-state index >= 15 is 0 Å². The maximum absolute atomic E-state index is 2.59. The Bertz CT molecular complexity index is 135. The minimum absolute atomic E-state index is 0. The van der Waals surface area contributed by atoms with Crippen LogP contribution in [0.1, 0.15) is 13.3 Å². The van der Waals surface area contributed by atoms with Crippen molar-refractivity contribution in [3.63, 3.8) is 0 Å². The van der Waals surface area contributed by atoms with Gasteiger partial charge in [0.1, 0.15) is 0 Å². The van der Waals surface area contributed by atoms with Gasteiger partial charge in [0.05, 0.1) is 0 Å². The molecule has 0 saturated carbocycles. The zero-order valence-corrected chi connectivity index (χ0v) is 6.93. The summed E-state index contributed by atoms with van der Waals surface area (Å²) in [4.78, 5) is 0. The van der Waals surface area contributed by atoms with Gasteiger partial charge in [-0.25, -0.2) is 0 Å². The second kappa shape index (κ2) is 3.39. The molecule has 44 valence electrons. The van der Waals surface area contributed by atoms with E-state index in [1.165, 1.54) is 9.86 Å². The van der Waals surface area contributed by atoms with Crippen molar-refractivity contribution < 1.29 is 17.4 Å². The molecule has 0 aromatic heterocycles. The molecule has 2 heteroatoms. The first-order chi connectivity index (χ1) is 3.30. The van der Waals surface area contributed by atoms with Gasteiger partial charge in [-0.3, -0.25) is 0 Å². The molecule has 0 bridgehead atoms. The van der Waals surface area contributed by atoms with E-state index in [1.54, 1.807) is 0 Å². The minimum atomic E-state index is 0. The predicted molar refractivity (Wildman–Crippen MR) is 33.7 cm³/mol. The van der Waals surface area contributed by atoms with Crippen molar-refractivity contribution in [2.75, 3.05) is 0 Å². The van der Waals surface area contributed by atoms with E-state index in [1.807, 2.05) is 0 Å². The van der Waals surface area contributed by atoms with Gasteiger partial charge in [0, 0.05) is 0 Å². The smallest absolute Gasteiger partial charge is 0.147 e. The van der Waals surface area contributed by atoms with E-state index < -0.39 is 0 Å². The predicted octanol–water partition coefficient (Wildman–Crippen LogP) is 2.19. The zero-order chi connectivity index (χ0) is 5.28. The molecule has 1 rings (SSSR count). The average Bonchev–Trinajstić information content (AvgIpc) is 1.91. The molecule has 1 aliphatic rings. The molecule has 0 radical (unpaired) electrons. The first-order valence-corrected chi connectivity index (χ1v) is 3.06. The van der Waals surface area contributed by atoms with Gasteiger partial charge in [-0.05, 0) is 0 Å². The van der Waals surface area contributed by atoms with Crippen LogP contribution in [0.5, 0.6) is 0 Å². The third-order valence-electron chi connectivity index (χ3n) is 1.13. The summed E-state index contributed by atoms with van der Waals surface area (Å²) in [6.45, 7) is 2.14. The Labute approximate surface area is 65.4 Å². The molecule has 0 fully saturated rings. The number of allylic oxidation sites excluding steroid dienone is 4. The van der Waals surface area contributed by atoms with Gasteiger partial charge < -0.3 is 0 Å². The quantitative estimate of drug-likeness (QED) is 0.518. The third kappa shape index (κ3) is 1.70. The summed E-state index contributed by atoms with van der Waals surface area (Å²) in [6, 6.07) is 0. The topological polar surface area (TPSA) is 0 Å². The fourth-order valence-corrected chi connectivity index (χ4v) is 0.886. The molecule has 0 amide bonds. The molecule has 8 heavy (non-hydrogen) atoms. The van der Waals surface area contributed by atoms with Crippen LogP contribution in [0.4, 0.5) is 0 Å². The van der Waals surface area contributed by atoms with Crippen molar-refractivity contribution in [3.05, 3.63) is 22.0 Å². The van der Waals surface area contributed by atoms with Gasteiger partial charge in [-0.2, -0.15) is 0 Å². The number of halogens is 1. The van der Waals surface area contributed by atoms with Crippen LogP contribution in [0.3, 0.4) is 0 Å². The second-order valence-electron chi connectivity index (χ2n) is 1.74. The van der Waals surface area contributed by atoms with Gasteiger partial charge in [-0.1, -0.05) is 0 Å². The van der Waals surface area contributed by atoms with Crippen molar-refractivity contribution in [2.45, 2.75) is 13.3 Å². The van der Waals surface area contributed by atoms with E-state index in [4.69, 9.17) is 0 Å². The fourth-order valence-electron chi connectivity index (χ4n) is 0.605. The molecular weight excluding hydrogens is 158 g/mol. The summed E-state index contributed by atoms with van der Waals surface area (Å²) in [5.74, 6) is 0. The maximum atomic E-state index is 2.59. The van der Waals surface area contributed by atoms with Crippen LogP contribution in [-0.2, 0) is 17.4 Å². The summed E-state index contributed by atoms with van der Waals surface area (Å²) < 4.78 is 1.45. The molecule has 0 atom stereocenters. The molecule has 0 aliphatic heterocycles. The summed E-state index contributed by atoms with van der Waals surface area (Å²) in [6.07, 6.45) is 5.49. The van der Waals surface area contributed by atoms with Crippen LogP contribution in [0, 0.1) is 0 Å². The van der Waals surface area contributed by atoms with Crippen molar-refractivity contribution in [1.29, 1.82) is 0 Å². The van der Waals surface area contributed by atoms with Gasteiger partial charge >= 0.3 is 52.8 Å². The van der Waals surface area contributed by atoms with Crippen LogP contribution in [0.15, 0.2) is 22.0 Å². The summed E-state index contributed by atoms with van der Waals surface area (Å²) in [5, 5.41) is 0. The molecule has 0 nitrogen and oxygen atoms in total. The SMILES string of the molecule is CC1=[C]([V])CC=C1.Cl. The van der Waals surface area contributed by atoms with E-state index in [0.717, 1.165) is 6.42 Å². The van der Waals surface area contributed by atoms with Gasteiger partial charge in [-0.15, -0.1) is 12.4 Å². The molecular formula is C6H8ClV. The number of hydrogen-bond acceptors (Lipinski definition) is 0. The van der Waals surface area contributed by atoms with Crippen LogP contribution >= 0.6 is 12.4 Å². The van der Waals surface area contributed by atoms with Crippen molar-refractivity contribution in [2.24, 2.45) is 0 Å². The Morgan fingerprint density at radius 3 is 2.38 bits per heavy atom. The Hall–Kier alpha value is 0.354. The largest absolute Gasteiger partial charge is 0.147 e. The van der Waals surface area contributed by atoms with Crippen LogP contribution < -0.4 is 0 Å². The van der Waals surface area contributed by atoms with Crippen LogP contribution in [-0.4, -0.2) is 0 Å². The van der Waals surface area contributed by atoms with E-state index in [9.17, 15) is 0 Å². The summed E-state index contributed by atoms with van der Waals surface area (Å²) >= 11 is 2.59. The Balaban J connectivity index is 0.000000490. The molecule has 0 heterocycles. The number of hydrogen-bond donors (Lipinski definition) is 0. The maximum Gasteiger partial charge on any atom is -0.147 e. The van der Waals surface area contributed by atoms with E-state index in [-0.39, 0.29) is 12.4 Å². The van der Waals surface area contributed by atoms with Gasteiger partial charge in [0.25, 0.3) is 0 Å². The van der Waals surface area contributed by atoms with E-state index in [0.29, 0.717) is 0 Å². The van der Waals surface area contributed by atoms with Gasteiger partial charge in [0.15, 0.2) is 0 Å². The first-order valence-electron chi connectivity index (χ1n) is 2.36. The van der Waals surface area contributed by atoms with E-state index in [2.05, 4.69) is 36.5 Å². The monoisotopic (exact) mass is 166 g/mol. The zero-order valence-electron chi connectivity index (χ0n) is 4.72. The Morgan fingerprint density at radius 1 is 1.62 bits per heavy atom. The molecule has 0 unspecified atom stereocenters. The standard InChI is InChI=1S/C6H7.ClH.V/c1-6-4-2-3-5-6;;/h2,4H,3H2,1H3;1H;.